The highest BCUT2D eigenvalue weighted by Gasteiger charge is 2.20. The standard InChI is InChI=1S/C18H15N3O4S/c22-17(23)9-5-10(18(24)25)7-11(6-9)21-15-14-12-3-1-2-4-13(12)26-16(14)20-8-19-15/h5-8H,1-4H2,(H,22,23)(H,24,25)(H,19,20,21). The second-order valence-electron chi connectivity index (χ2n) is 6.15. The number of hydrogen-bond donors (Lipinski definition) is 3. The number of aromatic carboxylic acids is 2. The van der Waals surface area contributed by atoms with Crippen molar-refractivity contribution < 1.29 is 19.8 Å². The van der Waals surface area contributed by atoms with Gasteiger partial charge in [-0.3, -0.25) is 0 Å². The summed E-state index contributed by atoms with van der Waals surface area (Å²) in [5.74, 6) is -1.79. The Labute approximate surface area is 152 Å². The van der Waals surface area contributed by atoms with E-state index in [-0.39, 0.29) is 11.1 Å². The van der Waals surface area contributed by atoms with Gasteiger partial charge in [-0.25, -0.2) is 19.6 Å². The lowest BCUT2D eigenvalue weighted by atomic mass is 9.97. The van der Waals surface area contributed by atoms with Crippen LogP contribution >= 0.6 is 11.3 Å². The van der Waals surface area contributed by atoms with E-state index < -0.39 is 11.9 Å². The predicted octanol–water partition coefficient (Wildman–Crippen LogP) is 3.71. The van der Waals surface area contributed by atoms with E-state index >= 15 is 0 Å². The summed E-state index contributed by atoms with van der Waals surface area (Å²) in [5.41, 5.74) is 1.43. The minimum absolute atomic E-state index is 0.0925. The Morgan fingerprint density at radius 1 is 1.00 bits per heavy atom. The van der Waals surface area contributed by atoms with Crippen LogP contribution in [0.1, 0.15) is 44.0 Å². The predicted molar refractivity (Wildman–Crippen MR) is 97.7 cm³/mol. The van der Waals surface area contributed by atoms with Crippen LogP contribution in [0.3, 0.4) is 0 Å². The SMILES string of the molecule is O=C(O)c1cc(Nc2ncnc3sc4c(c23)CCCC4)cc(C(=O)O)c1. The minimum atomic E-state index is -1.18. The number of aryl methyl sites for hydroxylation is 2. The first kappa shape index (κ1) is 16.5. The molecule has 1 aromatic carbocycles. The van der Waals surface area contributed by atoms with Gasteiger partial charge < -0.3 is 15.5 Å². The zero-order valence-electron chi connectivity index (χ0n) is 13.7. The average Bonchev–Trinajstić information content (AvgIpc) is 3.01. The zero-order valence-corrected chi connectivity index (χ0v) is 14.5. The average molecular weight is 369 g/mol. The molecule has 3 N–H and O–H groups in total. The fraction of sp³-hybridized carbons (Fsp3) is 0.222. The molecule has 132 valence electrons. The summed E-state index contributed by atoms with van der Waals surface area (Å²) in [6.07, 6.45) is 5.75. The van der Waals surface area contributed by atoms with E-state index in [4.69, 9.17) is 0 Å². The lowest BCUT2D eigenvalue weighted by Crippen LogP contribution is -2.05. The fourth-order valence-corrected chi connectivity index (χ4v) is 4.50. The van der Waals surface area contributed by atoms with Crippen molar-refractivity contribution in [3.8, 4) is 0 Å². The van der Waals surface area contributed by atoms with Crippen molar-refractivity contribution in [3.05, 3.63) is 46.1 Å². The number of nitrogens with one attached hydrogen (secondary N) is 1. The molecule has 0 saturated carbocycles. The zero-order chi connectivity index (χ0) is 18.3. The molecule has 3 aromatic rings. The third kappa shape index (κ3) is 2.88. The first-order valence-corrected chi connectivity index (χ1v) is 8.98. The molecule has 4 rings (SSSR count). The second kappa shape index (κ2) is 6.38. The van der Waals surface area contributed by atoms with E-state index in [1.165, 1.54) is 35.3 Å². The van der Waals surface area contributed by atoms with Gasteiger partial charge in [-0.05, 0) is 49.4 Å². The molecular weight excluding hydrogens is 354 g/mol. The third-order valence-corrected chi connectivity index (χ3v) is 5.64. The van der Waals surface area contributed by atoms with Gasteiger partial charge in [0.15, 0.2) is 0 Å². The maximum Gasteiger partial charge on any atom is 0.335 e. The van der Waals surface area contributed by atoms with Gasteiger partial charge in [-0.15, -0.1) is 11.3 Å². The van der Waals surface area contributed by atoms with Crippen molar-refractivity contribution in [2.45, 2.75) is 25.7 Å². The summed E-state index contributed by atoms with van der Waals surface area (Å²) >= 11 is 1.66. The third-order valence-electron chi connectivity index (χ3n) is 4.44. The first-order valence-electron chi connectivity index (χ1n) is 8.17. The molecule has 0 amide bonds. The maximum atomic E-state index is 11.3. The largest absolute Gasteiger partial charge is 0.478 e. The number of hydrogen-bond acceptors (Lipinski definition) is 6. The Kier molecular flexibility index (Phi) is 4.04. The number of carbonyl (C=O) groups is 2. The molecule has 2 heterocycles. The molecule has 0 unspecified atom stereocenters. The quantitative estimate of drug-likeness (QED) is 0.642. The van der Waals surface area contributed by atoms with Crippen molar-refractivity contribution in [2.75, 3.05) is 5.32 Å². The number of aromatic nitrogens is 2. The number of carboxylic acids is 2. The minimum Gasteiger partial charge on any atom is -0.478 e. The van der Waals surface area contributed by atoms with E-state index in [0.717, 1.165) is 35.5 Å². The fourth-order valence-electron chi connectivity index (χ4n) is 3.27. The molecule has 0 atom stereocenters. The van der Waals surface area contributed by atoms with E-state index in [9.17, 15) is 19.8 Å². The normalized spacial score (nSPS) is 13.4. The molecule has 2 aromatic heterocycles. The number of fused-ring (bicyclic) bond motifs is 3. The van der Waals surface area contributed by atoms with E-state index in [0.29, 0.717) is 11.5 Å². The smallest absolute Gasteiger partial charge is 0.335 e. The number of anilines is 2. The van der Waals surface area contributed by atoms with Crippen LogP contribution in [-0.2, 0) is 12.8 Å². The van der Waals surface area contributed by atoms with Crippen molar-refractivity contribution in [2.24, 2.45) is 0 Å². The molecule has 0 aliphatic heterocycles. The molecule has 1 aliphatic carbocycles. The summed E-state index contributed by atoms with van der Waals surface area (Å²) < 4.78 is 0. The number of carboxylic acid groups (broad SMARTS) is 2. The van der Waals surface area contributed by atoms with Crippen LogP contribution in [-0.4, -0.2) is 32.1 Å². The molecule has 8 heteroatoms. The molecule has 0 fully saturated rings. The molecule has 26 heavy (non-hydrogen) atoms. The van der Waals surface area contributed by atoms with Gasteiger partial charge in [-0.1, -0.05) is 0 Å². The van der Waals surface area contributed by atoms with Crippen LogP contribution in [0.4, 0.5) is 11.5 Å². The lowest BCUT2D eigenvalue weighted by molar-refractivity contribution is 0.0696. The first-order chi connectivity index (χ1) is 12.5. The van der Waals surface area contributed by atoms with Crippen molar-refractivity contribution in [1.82, 2.24) is 9.97 Å². The van der Waals surface area contributed by atoms with Gasteiger partial charge in [0.05, 0.1) is 16.5 Å². The highest BCUT2D eigenvalue weighted by atomic mass is 32.1. The van der Waals surface area contributed by atoms with Gasteiger partial charge in [0.2, 0.25) is 0 Å². The molecule has 0 radical (unpaired) electrons. The molecular formula is C18H15N3O4S. The summed E-state index contributed by atoms with van der Waals surface area (Å²) in [7, 11) is 0. The van der Waals surface area contributed by atoms with Gasteiger partial charge >= 0.3 is 11.9 Å². The van der Waals surface area contributed by atoms with Gasteiger partial charge in [0.1, 0.15) is 17.0 Å². The second-order valence-corrected chi connectivity index (χ2v) is 7.23. The van der Waals surface area contributed by atoms with Crippen LogP contribution in [0.2, 0.25) is 0 Å². The number of nitrogens with zero attached hydrogens (tertiary/aromatic N) is 2. The highest BCUT2D eigenvalue weighted by Crippen LogP contribution is 2.38. The summed E-state index contributed by atoms with van der Waals surface area (Å²) in [6, 6.07) is 3.95. The maximum absolute atomic E-state index is 11.3. The van der Waals surface area contributed by atoms with Crippen molar-refractivity contribution >= 4 is 45.0 Å². The number of thiophene rings is 1. The molecule has 0 spiro atoms. The molecule has 0 saturated heterocycles. The topological polar surface area (TPSA) is 112 Å². The van der Waals surface area contributed by atoms with Crippen molar-refractivity contribution in [3.63, 3.8) is 0 Å². The highest BCUT2D eigenvalue weighted by molar-refractivity contribution is 7.19. The van der Waals surface area contributed by atoms with Crippen LogP contribution < -0.4 is 5.32 Å². The number of benzene rings is 1. The monoisotopic (exact) mass is 369 g/mol. The van der Waals surface area contributed by atoms with Crippen LogP contribution in [0.25, 0.3) is 10.2 Å². The Bertz CT molecular complexity index is 1010. The van der Waals surface area contributed by atoms with E-state index in [1.54, 1.807) is 11.3 Å². The van der Waals surface area contributed by atoms with E-state index in [2.05, 4.69) is 15.3 Å². The summed E-state index contributed by atoms with van der Waals surface area (Å²) in [4.78, 5) is 33.5. The van der Waals surface area contributed by atoms with Gasteiger partial charge in [-0.2, -0.15) is 0 Å². The van der Waals surface area contributed by atoms with Crippen LogP contribution in [0, 0.1) is 0 Å². The summed E-state index contributed by atoms with van der Waals surface area (Å²) in [5, 5.41) is 22.5. The Morgan fingerprint density at radius 2 is 1.69 bits per heavy atom. The van der Waals surface area contributed by atoms with Crippen molar-refractivity contribution in [1.29, 1.82) is 0 Å². The molecule has 0 bridgehead atoms. The Morgan fingerprint density at radius 3 is 2.38 bits per heavy atom. The Hall–Kier alpha value is -3.00. The number of rotatable bonds is 4. The molecule has 7 nitrogen and oxygen atoms in total. The summed E-state index contributed by atoms with van der Waals surface area (Å²) in [6.45, 7) is 0. The lowest BCUT2D eigenvalue weighted by Gasteiger charge is -2.13. The Balaban J connectivity index is 1.81. The molecule has 1 aliphatic rings. The van der Waals surface area contributed by atoms with Crippen LogP contribution in [0.5, 0.6) is 0 Å². The van der Waals surface area contributed by atoms with Gasteiger partial charge in [0.25, 0.3) is 0 Å². The van der Waals surface area contributed by atoms with Crippen LogP contribution in [0.15, 0.2) is 24.5 Å². The van der Waals surface area contributed by atoms with E-state index in [1.807, 2.05) is 0 Å². The van der Waals surface area contributed by atoms with Gasteiger partial charge in [0, 0.05) is 10.6 Å².